The topological polar surface area (TPSA) is 54.0 Å². The Balaban J connectivity index is 2.37. The van der Waals surface area contributed by atoms with Gasteiger partial charge in [0.05, 0.1) is 11.9 Å². The van der Waals surface area contributed by atoms with Crippen LogP contribution in [-0.2, 0) is 0 Å². The highest BCUT2D eigenvalue weighted by atomic mass is 16.1. The molecule has 1 aromatic rings. The lowest BCUT2D eigenvalue weighted by atomic mass is 10.1. The maximum atomic E-state index is 12.0. The molecule has 0 fully saturated rings. The summed E-state index contributed by atoms with van der Waals surface area (Å²) in [6, 6.07) is 3.85. The van der Waals surface area contributed by atoms with Crippen LogP contribution in [-0.4, -0.2) is 23.5 Å². The number of hydrogen-bond acceptors (Lipinski definition) is 3. The summed E-state index contributed by atoms with van der Waals surface area (Å²) < 4.78 is 0. The molecule has 0 aliphatic carbocycles. The number of nitrogens with zero attached hydrogens (tertiary/aromatic N) is 1. The van der Waals surface area contributed by atoms with Crippen LogP contribution in [0.25, 0.3) is 0 Å². The van der Waals surface area contributed by atoms with E-state index < -0.39 is 0 Å². The van der Waals surface area contributed by atoms with Crippen molar-refractivity contribution in [1.82, 2.24) is 10.3 Å². The Labute approximate surface area is 122 Å². The molecule has 0 bridgehead atoms. The summed E-state index contributed by atoms with van der Waals surface area (Å²) in [5, 5.41) is 6.16. The summed E-state index contributed by atoms with van der Waals surface area (Å²) in [5.41, 5.74) is 1.42. The largest absolute Gasteiger partial charge is 0.384 e. The minimum Gasteiger partial charge on any atom is -0.384 e. The number of anilines is 1. The van der Waals surface area contributed by atoms with Crippen LogP contribution < -0.4 is 10.6 Å². The molecule has 4 nitrogen and oxygen atoms in total. The van der Waals surface area contributed by atoms with Gasteiger partial charge in [0.1, 0.15) is 5.69 Å². The first kappa shape index (κ1) is 16.5. The van der Waals surface area contributed by atoms with Gasteiger partial charge in [-0.3, -0.25) is 4.79 Å². The van der Waals surface area contributed by atoms with Crippen molar-refractivity contribution in [2.75, 3.05) is 11.9 Å². The fourth-order valence-electron chi connectivity index (χ4n) is 2.08. The Hall–Kier alpha value is -1.58. The second kappa shape index (κ2) is 9.34. The predicted octanol–water partition coefficient (Wildman–Crippen LogP) is 3.60. The summed E-state index contributed by atoms with van der Waals surface area (Å²) in [5.74, 6) is -0.0870. The zero-order valence-corrected chi connectivity index (χ0v) is 12.9. The van der Waals surface area contributed by atoms with Crippen molar-refractivity contribution in [3.63, 3.8) is 0 Å². The summed E-state index contributed by atoms with van der Waals surface area (Å²) in [6.45, 7) is 7.13. The van der Waals surface area contributed by atoms with Crippen molar-refractivity contribution in [3.8, 4) is 0 Å². The number of pyridine rings is 1. The highest BCUT2D eigenvalue weighted by Crippen LogP contribution is 2.08. The molecule has 0 saturated carbocycles. The Bertz CT molecular complexity index is 389. The van der Waals surface area contributed by atoms with E-state index >= 15 is 0 Å². The molecule has 1 unspecified atom stereocenters. The molecular weight excluding hydrogens is 250 g/mol. The molecule has 0 aliphatic rings. The number of amides is 1. The van der Waals surface area contributed by atoms with Crippen molar-refractivity contribution >= 4 is 11.6 Å². The van der Waals surface area contributed by atoms with Crippen molar-refractivity contribution in [2.24, 2.45) is 0 Å². The first-order valence-corrected chi connectivity index (χ1v) is 7.68. The molecule has 0 aliphatic heterocycles. The molecule has 0 spiro atoms. The van der Waals surface area contributed by atoms with Gasteiger partial charge in [-0.25, -0.2) is 4.98 Å². The zero-order chi connectivity index (χ0) is 14.8. The summed E-state index contributed by atoms with van der Waals surface area (Å²) >= 11 is 0. The molecule has 2 N–H and O–H groups in total. The van der Waals surface area contributed by atoms with Gasteiger partial charge in [-0.05, 0) is 32.4 Å². The first-order valence-electron chi connectivity index (χ1n) is 7.68. The van der Waals surface area contributed by atoms with Crippen molar-refractivity contribution in [2.45, 2.75) is 58.9 Å². The third-order valence-corrected chi connectivity index (χ3v) is 3.25. The minimum atomic E-state index is -0.0870. The standard InChI is InChI=1S/C16H27N3O/c1-4-6-7-8-9-13(3)19-16(20)15-11-10-14(12-18-15)17-5-2/h10-13,17H,4-9H2,1-3H3,(H,19,20). The normalized spacial score (nSPS) is 11.9. The van der Waals surface area contributed by atoms with Crippen LogP contribution in [0.15, 0.2) is 18.3 Å². The van der Waals surface area contributed by atoms with E-state index in [1.165, 1.54) is 25.7 Å². The molecule has 0 aromatic carbocycles. The number of carbonyl (C=O) groups is 1. The second-order valence-electron chi connectivity index (χ2n) is 5.19. The van der Waals surface area contributed by atoms with Gasteiger partial charge in [0.25, 0.3) is 5.91 Å². The number of unbranched alkanes of at least 4 members (excludes halogenated alkanes) is 3. The predicted molar refractivity (Wildman–Crippen MR) is 84.1 cm³/mol. The molecular formula is C16H27N3O. The average molecular weight is 277 g/mol. The molecule has 112 valence electrons. The van der Waals surface area contributed by atoms with Crippen LogP contribution in [0.5, 0.6) is 0 Å². The fraction of sp³-hybridized carbons (Fsp3) is 0.625. The van der Waals surface area contributed by atoms with E-state index in [9.17, 15) is 4.79 Å². The second-order valence-corrected chi connectivity index (χ2v) is 5.19. The first-order chi connectivity index (χ1) is 9.67. The third kappa shape index (κ3) is 6.04. The lowest BCUT2D eigenvalue weighted by Crippen LogP contribution is -2.33. The van der Waals surface area contributed by atoms with E-state index in [4.69, 9.17) is 0 Å². The zero-order valence-electron chi connectivity index (χ0n) is 12.9. The van der Waals surface area contributed by atoms with Gasteiger partial charge < -0.3 is 10.6 Å². The minimum absolute atomic E-state index is 0.0870. The smallest absolute Gasteiger partial charge is 0.270 e. The van der Waals surface area contributed by atoms with Crippen molar-refractivity contribution in [1.29, 1.82) is 0 Å². The van der Waals surface area contributed by atoms with Gasteiger partial charge in [-0.2, -0.15) is 0 Å². The van der Waals surface area contributed by atoms with Crippen molar-refractivity contribution < 1.29 is 4.79 Å². The number of rotatable bonds is 9. The Morgan fingerprint density at radius 1 is 1.25 bits per heavy atom. The van der Waals surface area contributed by atoms with Crippen LogP contribution in [0, 0.1) is 0 Å². The monoisotopic (exact) mass is 277 g/mol. The summed E-state index contributed by atoms with van der Waals surface area (Å²) in [6.07, 6.45) is 7.65. The molecule has 1 atom stereocenters. The van der Waals surface area contributed by atoms with E-state index in [1.54, 1.807) is 12.3 Å². The molecule has 20 heavy (non-hydrogen) atoms. The quantitative estimate of drug-likeness (QED) is 0.678. The number of carbonyl (C=O) groups excluding carboxylic acids is 1. The van der Waals surface area contributed by atoms with E-state index in [-0.39, 0.29) is 11.9 Å². The number of hydrogen-bond donors (Lipinski definition) is 2. The highest BCUT2D eigenvalue weighted by Gasteiger charge is 2.10. The summed E-state index contributed by atoms with van der Waals surface area (Å²) in [4.78, 5) is 16.2. The molecule has 1 aromatic heterocycles. The van der Waals surface area contributed by atoms with Crippen molar-refractivity contribution in [3.05, 3.63) is 24.0 Å². The average Bonchev–Trinajstić information content (AvgIpc) is 2.45. The van der Waals surface area contributed by atoms with E-state index in [0.29, 0.717) is 5.69 Å². The lowest BCUT2D eigenvalue weighted by Gasteiger charge is -2.13. The van der Waals surface area contributed by atoms with Crippen LogP contribution in [0.2, 0.25) is 0 Å². The van der Waals surface area contributed by atoms with Crippen LogP contribution in [0.1, 0.15) is 63.4 Å². The third-order valence-electron chi connectivity index (χ3n) is 3.25. The highest BCUT2D eigenvalue weighted by molar-refractivity contribution is 5.92. The molecule has 1 rings (SSSR count). The van der Waals surface area contributed by atoms with E-state index in [2.05, 4.69) is 29.5 Å². The van der Waals surface area contributed by atoms with Crippen LogP contribution in [0.3, 0.4) is 0 Å². The van der Waals surface area contributed by atoms with Gasteiger partial charge in [0, 0.05) is 12.6 Å². The van der Waals surface area contributed by atoms with E-state index in [0.717, 1.165) is 18.7 Å². The van der Waals surface area contributed by atoms with Crippen LogP contribution >= 0.6 is 0 Å². The maximum absolute atomic E-state index is 12.0. The van der Waals surface area contributed by atoms with Gasteiger partial charge in [-0.15, -0.1) is 0 Å². The van der Waals surface area contributed by atoms with Crippen LogP contribution in [0.4, 0.5) is 5.69 Å². The SMILES string of the molecule is CCCCCCC(C)NC(=O)c1ccc(NCC)cn1. The van der Waals surface area contributed by atoms with Gasteiger partial charge in [-0.1, -0.05) is 32.6 Å². The number of aromatic nitrogens is 1. The molecule has 0 saturated heterocycles. The summed E-state index contributed by atoms with van der Waals surface area (Å²) in [7, 11) is 0. The Morgan fingerprint density at radius 3 is 2.65 bits per heavy atom. The van der Waals surface area contributed by atoms with Gasteiger partial charge >= 0.3 is 0 Å². The molecule has 1 amide bonds. The van der Waals surface area contributed by atoms with Gasteiger partial charge in [0.2, 0.25) is 0 Å². The van der Waals surface area contributed by atoms with Gasteiger partial charge in [0.15, 0.2) is 0 Å². The lowest BCUT2D eigenvalue weighted by molar-refractivity contribution is 0.0933. The molecule has 1 heterocycles. The van der Waals surface area contributed by atoms with E-state index in [1.807, 2.05) is 13.0 Å². The fourth-order valence-corrected chi connectivity index (χ4v) is 2.08. The Kier molecular flexibility index (Phi) is 7.70. The Morgan fingerprint density at radius 2 is 2.05 bits per heavy atom. The maximum Gasteiger partial charge on any atom is 0.270 e. The molecule has 4 heteroatoms. The number of nitrogens with one attached hydrogen (secondary N) is 2. The molecule has 0 radical (unpaired) electrons.